The lowest BCUT2D eigenvalue weighted by Gasteiger charge is -2.46. The van der Waals surface area contributed by atoms with Gasteiger partial charge < -0.3 is 64.3 Å². The fraction of sp³-hybridized carbons (Fsp3) is 0.567. The van der Waals surface area contributed by atoms with Crippen molar-refractivity contribution in [2.45, 2.75) is 80.3 Å². The van der Waals surface area contributed by atoms with Gasteiger partial charge in [0, 0.05) is 12.1 Å². The summed E-state index contributed by atoms with van der Waals surface area (Å²) in [6.07, 6.45) is -13.9. The van der Waals surface area contributed by atoms with E-state index in [0.717, 1.165) is 34.2 Å². The maximum absolute atomic E-state index is 12.0. The molecule has 6 rings (SSSR count). The van der Waals surface area contributed by atoms with Gasteiger partial charge in [0.25, 0.3) is 0 Å². The number of carbonyl (C=O) groups excluding carboxylic acids is 1. The molecule has 0 bridgehead atoms. The molecule has 1 amide bonds. The van der Waals surface area contributed by atoms with Crippen LogP contribution in [-0.2, 0) is 31.8 Å². The average molecular weight is 620 g/mol. The first-order valence-electron chi connectivity index (χ1n) is 14.5. The quantitative estimate of drug-likeness (QED) is 0.159. The lowest BCUT2D eigenvalue weighted by molar-refractivity contribution is -0.357. The topological polar surface area (TPSA) is 208 Å². The lowest BCUT2D eigenvalue weighted by Crippen LogP contribution is -2.65. The van der Waals surface area contributed by atoms with Crippen molar-refractivity contribution < 1.29 is 64.2 Å². The number of aliphatic hydroxyl groups excluding tert-OH is 7. The van der Waals surface area contributed by atoms with Crippen molar-refractivity contribution in [1.29, 1.82) is 0 Å². The third-order valence-electron chi connectivity index (χ3n) is 8.99. The Hall–Kier alpha value is -2.89. The van der Waals surface area contributed by atoms with Crippen molar-refractivity contribution >= 4 is 6.41 Å². The summed E-state index contributed by atoms with van der Waals surface area (Å²) in [5.41, 5.74) is 4.50. The van der Waals surface area contributed by atoms with Gasteiger partial charge in [-0.05, 0) is 41.2 Å². The zero-order valence-corrected chi connectivity index (χ0v) is 23.9. The Balaban J connectivity index is 1.40. The van der Waals surface area contributed by atoms with Crippen LogP contribution in [0.5, 0.6) is 11.5 Å². The number of carbonyl (C=O) groups is 1. The van der Waals surface area contributed by atoms with Crippen molar-refractivity contribution in [2.75, 3.05) is 26.9 Å². The largest absolute Gasteiger partial charge is 0.492 e. The summed E-state index contributed by atoms with van der Waals surface area (Å²) in [5.74, 6) is 0.522. The van der Waals surface area contributed by atoms with Crippen molar-refractivity contribution in [1.82, 2.24) is 4.90 Å². The Kier molecular flexibility index (Phi) is 8.82. The Morgan fingerprint density at radius 2 is 1.59 bits per heavy atom. The first kappa shape index (κ1) is 31.1. The van der Waals surface area contributed by atoms with E-state index in [1.54, 1.807) is 11.0 Å². The standard InChI is InChI=1S/C30H37NO13/c1-40-27-17(9-14-6-7-31(12-34)16-8-13-4-2-3-5-15(13)21(27)20(14)16)41-30-28(25(38)23(36)19(11-33)43-30)44-29-26(39)24(37)22(35)18(10-32)42-29/h2-5,9,12,16,18-19,22-26,28-30,32-33,35-39H,6-8,10-11H2,1H3. The van der Waals surface area contributed by atoms with E-state index in [1.165, 1.54) is 7.11 Å². The smallest absolute Gasteiger partial charge is 0.229 e. The Morgan fingerprint density at radius 1 is 0.909 bits per heavy atom. The molecule has 3 aliphatic heterocycles. The van der Waals surface area contributed by atoms with E-state index >= 15 is 0 Å². The Morgan fingerprint density at radius 3 is 2.27 bits per heavy atom. The van der Waals surface area contributed by atoms with Crippen LogP contribution in [0.4, 0.5) is 0 Å². The fourth-order valence-electron chi connectivity index (χ4n) is 6.68. The molecule has 14 heteroatoms. The van der Waals surface area contributed by atoms with Crippen molar-refractivity contribution in [3.8, 4) is 22.6 Å². The van der Waals surface area contributed by atoms with Crippen LogP contribution in [0.2, 0.25) is 0 Å². The zero-order chi connectivity index (χ0) is 31.3. The molecule has 0 aromatic heterocycles. The minimum atomic E-state index is -1.80. The number of amides is 1. The summed E-state index contributed by atoms with van der Waals surface area (Å²) in [4.78, 5) is 13.8. The minimum Gasteiger partial charge on any atom is -0.492 e. The molecule has 0 saturated carbocycles. The second kappa shape index (κ2) is 12.5. The average Bonchev–Trinajstić information content (AvgIpc) is 3.04. The van der Waals surface area contributed by atoms with Crippen LogP contribution < -0.4 is 9.47 Å². The van der Waals surface area contributed by atoms with E-state index in [1.807, 2.05) is 24.3 Å². The monoisotopic (exact) mass is 619 g/mol. The van der Waals surface area contributed by atoms with Gasteiger partial charge in [0.2, 0.25) is 12.7 Å². The predicted molar refractivity (Wildman–Crippen MR) is 148 cm³/mol. The summed E-state index contributed by atoms with van der Waals surface area (Å²) in [5, 5.41) is 72.2. The van der Waals surface area contributed by atoms with E-state index < -0.39 is 74.6 Å². The summed E-state index contributed by atoms with van der Waals surface area (Å²) < 4.78 is 29.4. The van der Waals surface area contributed by atoms with Gasteiger partial charge in [0.15, 0.2) is 23.9 Å². The molecular weight excluding hydrogens is 582 g/mol. The highest BCUT2D eigenvalue weighted by Crippen LogP contribution is 2.52. The number of hydrogen-bond acceptors (Lipinski definition) is 13. The molecule has 3 heterocycles. The highest BCUT2D eigenvalue weighted by Gasteiger charge is 2.51. The first-order valence-corrected chi connectivity index (χ1v) is 14.5. The number of aliphatic hydroxyl groups is 7. The van der Waals surface area contributed by atoms with Gasteiger partial charge in [0.05, 0.1) is 26.4 Å². The lowest BCUT2D eigenvalue weighted by atomic mass is 9.76. The zero-order valence-electron chi connectivity index (χ0n) is 23.9. The summed E-state index contributed by atoms with van der Waals surface area (Å²) >= 11 is 0. The minimum absolute atomic E-state index is 0.198. The molecule has 0 spiro atoms. The summed E-state index contributed by atoms with van der Waals surface area (Å²) in [6, 6.07) is 9.31. The fourth-order valence-corrected chi connectivity index (χ4v) is 6.68. The van der Waals surface area contributed by atoms with Crippen molar-refractivity contribution in [3.63, 3.8) is 0 Å². The van der Waals surface area contributed by atoms with Crippen LogP contribution in [0.1, 0.15) is 22.7 Å². The normalized spacial score (nSPS) is 36.3. The summed E-state index contributed by atoms with van der Waals surface area (Å²) in [7, 11) is 1.47. The molecule has 14 nitrogen and oxygen atoms in total. The number of rotatable bonds is 8. The molecule has 2 aromatic carbocycles. The van der Waals surface area contributed by atoms with Crippen molar-refractivity contribution in [3.05, 3.63) is 47.0 Å². The van der Waals surface area contributed by atoms with Crippen LogP contribution in [0.25, 0.3) is 11.1 Å². The highest BCUT2D eigenvalue weighted by atomic mass is 16.8. The predicted octanol–water partition coefficient (Wildman–Crippen LogP) is -2.02. The van der Waals surface area contributed by atoms with E-state index in [9.17, 15) is 40.5 Å². The molecule has 0 radical (unpaired) electrons. The molecule has 7 N–H and O–H groups in total. The van der Waals surface area contributed by atoms with E-state index in [0.29, 0.717) is 25.1 Å². The van der Waals surface area contributed by atoms with E-state index in [2.05, 4.69) is 0 Å². The van der Waals surface area contributed by atoms with E-state index in [4.69, 9.17) is 23.7 Å². The Bertz CT molecular complexity index is 1360. The van der Waals surface area contributed by atoms with Gasteiger partial charge in [-0.15, -0.1) is 0 Å². The molecule has 2 aromatic rings. The molecule has 11 unspecified atom stereocenters. The molecule has 44 heavy (non-hydrogen) atoms. The van der Waals surface area contributed by atoms with E-state index in [-0.39, 0.29) is 11.8 Å². The number of hydrogen-bond donors (Lipinski definition) is 7. The van der Waals surface area contributed by atoms with Gasteiger partial charge in [-0.2, -0.15) is 0 Å². The van der Waals surface area contributed by atoms with Crippen LogP contribution >= 0.6 is 0 Å². The third kappa shape index (κ3) is 5.14. The molecule has 240 valence electrons. The van der Waals surface area contributed by atoms with Gasteiger partial charge in [0.1, 0.15) is 42.7 Å². The molecule has 2 fully saturated rings. The number of fused-ring (bicyclic) bond motifs is 2. The second-order valence-electron chi connectivity index (χ2n) is 11.4. The number of benzene rings is 2. The Labute approximate surface area is 252 Å². The van der Waals surface area contributed by atoms with Gasteiger partial charge in [-0.1, -0.05) is 24.3 Å². The van der Waals surface area contributed by atoms with Gasteiger partial charge >= 0.3 is 0 Å². The van der Waals surface area contributed by atoms with Crippen LogP contribution in [0.15, 0.2) is 30.3 Å². The van der Waals surface area contributed by atoms with Gasteiger partial charge in [-0.3, -0.25) is 4.79 Å². The number of ether oxygens (including phenoxy) is 5. The highest BCUT2D eigenvalue weighted by molar-refractivity contribution is 5.84. The second-order valence-corrected chi connectivity index (χ2v) is 11.4. The van der Waals surface area contributed by atoms with Crippen molar-refractivity contribution in [2.24, 2.45) is 0 Å². The van der Waals surface area contributed by atoms with Crippen LogP contribution in [0.3, 0.4) is 0 Å². The molecule has 11 atom stereocenters. The molecule has 4 aliphatic rings. The maximum atomic E-state index is 12.0. The summed E-state index contributed by atoms with van der Waals surface area (Å²) in [6.45, 7) is -0.897. The van der Waals surface area contributed by atoms with Crippen LogP contribution in [-0.4, -0.2) is 135 Å². The number of nitrogens with zero attached hydrogens (tertiary/aromatic N) is 1. The molecular formula is C30H37NO13. The molecule has 2 saturated heterocycles. The maximum Gasteiger partial charge on any atom is 0.229 e. The SMILES string of the molecule is COc1c(OC2OC(CO)C(O)C(O)C2OC2OC(CO)C(O)C(O)C2O)cc2c3c1-c1ccccc1CC3N(C=O)CC2. The number of methoxy groups -OCH3 is 1. The molecule has 1 aliphatic carbocycles. The first-order chi connectivity index (χ1) is 21.2. The van der Waals surface area contributed by atoms with Gasteiger partial charge in [-0.25, -0.2) is 0 Å². The van der Waals surface area contributed by atoms with Crippen LogP contribution in [0, 0.1) is 0 Å². The third-order valence-corrected chi connectivity index (χ3v) is 8.99.